The molecule has 0 atom stereocenters. The molecule has 0 aliphatic carbocycles. The fourth-order valence-corrected chi connectivity index (χ4v) is 4.45. The number of halogens is 1. The summed E-state index contributed by atoms with van der Waals surface area (Å²) in [4.78, 5) is 26.2. The first kappa shape index (κ1) is 24.3. The first-order valence-corrected chi connectivity index (χ1v) is 12.2. The zero-order chi connectivity index (χ0) is 25.8. The van der Waals surface area contributed by atoms with Gasteiger partial charge >= 0.3 is 0 Å². The van der Waals surface area contributed by atoms with E-state index >= 15 is 0 Å². The molecule has 5 rings (SSSR count). The Morgan fingerprint density at radius 2 is 1.62 bits per heavy atom. The summed E-state index contributed by atoms with van der Waals surface area (Å²) in [7, 11) is 0. The van der Waals surface area contributed by atoms with Crippen LogP contribution in [0.5, 0.6) is 0 Å². The molecule has 5 N–H and O–H groups in total. The van der Waals surface area contributed by atoms with Gasteiger partial charge in [-0.05, 0) is 59.2 Å². The standard InChI is InChI=1S/C30H25ClN4O2/c31-23-8-4-5-20(15-23)18-33-29(36)22-11-14-26-25(16-22)27(30(37)35-26)28(21-6-2-1-3-7-21)34-24-12-9-19(17-32)10-13-24/h1-16,34H,17-18,32H2,(H,33,36)(H,35,37)/b28-27-. The van der Waals surface area contributed by atoms with E-state index in [-0.39, 0.29) is 11.8 Å². The Morgan fingerprint density at radius 1 is 0.838 bits per heavy atom. The molecule has 0 fully saturated rings. The van der Waals surface area contributed by atoms with Crippen LogP contribution in [0.3, 0.4) is 0 Å². The highest BCUT2D eigenvalue weighted by Gasteiger charge is 2.29. The van der Waals surface area contributed by atoms with Crippen LogP contribution >= 0.6 is 11.6 Å². The highest BCUT2D eigenvalue weighted by atomic mass is 35.5. The molecule has 1 aliphatic heterocycles. The lowest BCUT2D eigenvalue weighted by atomic mass is 9.98. The molecule has 1 aliphatic rings. The molecule has 0 bridgehead atoms. The van der Waals surface area contributed by atoms with Gasteiger partial charge in [-0.25, -0.2) is 0 Å². The Bertz CT molecular complexity index is 1500. The van der Waals surface area contributed by atoms with Crippen molar-refractivity contribution in [3.8, 4) is 0 Å². The lowest BCUT2D eigenvalue weighted by Crippen LogP contribution is -2.22. The quantitative estimate of drug-likeness (QED) is 0.242. The Morgan fingerprint density at radius 3 is 2.35 bits per heavy atom. The van der Waals surface area contributed by atoms with E-state index in [4.69, 9.17) is 17.3 Å². The number of rotatable bonds is 7. The molecule has 0 radical (unpaired) electrons. The van der Waals surface area contributed by atoms with Crippen molar-refractivity contribution >= 4 is 46.1 Å². The van der Waals surface area contributed by atoms with Crippen LogP contribution in [0.2, 0.25) is 5.02 Å². The van der Waals surface area contributed by atoms with E-state index in [1.807, 2.05) is 72.8 Å². The number of hydrogen-bond acceptors (Lipinski definition) is 4. The van der Waals surface area contributed by atoms with Crippen LogP contribution in [0, 0.1) is 0 Å². The molecular weight excluding hydrogens is 484 g/mol. The highest BCUT2D eigenvalue weighted by Crippen LogP contribution is 2.38. The van der Waals surface area contributed by atoms with Crippen molar-refractivity contribution in [1.82, 2.24) is 5.32 Å². The smallest absolute Gasteiger partial charge is 0.258 e. The van der Waals surface area contributed by atoms with E-state index in [1.54, 1.807) is 24.3 Å². The minimum atomic E-state index is -0.243. The summed E-state index contributed by atoms with van der Waals surface area (Å²) in [5.41, 5.74) is 12.2. The fraction of sp³-hybridized carbons (Fsp3) is 0.0667. The summed E-state index contributed by atoms with van der Waals surface area (Å²) >= 11 is 6.06. The molecule has 0 aromatic heterocycles. The summed E-state index contributed by atoms with van der Waals surface area (Å²) in [5.74, 6) is -0.482. The molecule has 4 aromatic carbocycles. The van der Waals surface area contributed by atoms with E-state index < -0.39 is 0 Å². The summed E-state index contributed by atoms with van der Waals surface area (Å²) in [6.45, 7) is 0.789. The number of anilines is 2. The van der Waals surface area contributed by atoms with E-state index in [1.165, 1.54) is 0 Å². The normalized spacial score (nSPS) is 13.5. The van der Waals surface area contributed by atoms with Crippen LogP contribution in [-0.2, 0) is 17.9 Å². The van der Waals surface area contributed by atoms with Gasteiger partial charge in [0, 0.05) is 40.6 Å². The molecule has 184 valence electrons. The van der Waals surface area contributed by atoms with Gasteiger partial charge in [0.25, 0.3) is 11.8 Å². The molecule has 0 unspecified atom stereocenters. The van der Waals surface area contributed by atoms with Crippen LogP contribution in [0.15, 0.2) is 97.1 Å². The number of carbonyl (C=O) groups is 2. The predicted molar refractivity (Wildman–Crippen MR) is 149 cm³/mol. The molecule has 0 saturated heterocycles. The molecule has 4 aromatic rings. The number of fused-ring (bicyclic) bond motifs is 1. The lowest BCUT2D eigenvalue weighted by molar-refractivity contribution is -0.110. The van der Waals surface area contributed by atoms with Crippen molar-refractivity contribution < 1.29 is 9.59 Å². The second kappa shape index (κ2) is 10.7. The van der Waals surface area contributed by atoms with Gasteiger partial charge in [-0.3, -0.25) is 9.59 Å². The second-order valence-corrected chi connectivity index (χ2v) is 9.11. The Balaban J connectivity index is 1.51. The molecule has 0 spiro atoms. The van der Waals surface area contributed by atoms with Crippen molar-refractivity contribution in [2.75, 3.05) is 10.6 Å². The van der Waals surface area contributed by atoms with Gasteiger partial charge in [-0.2, -0.15) is 0 Å². The van der Waals surface area contributed by atoms with Gasteiger partial charge in [0.15, 0.2) is 0 Å². The number of benzene rings is 4. The maximum absolute atomic E-state index is 13.2. The molecule has 0 saturated carbocycles. The summed E-state index contributed by atoms with van der Waals surface area (Å²) in [6.07, 6.45) is 0. The Labute approximate surface area is 220 Å². The Kier molecular flexibility index (Phi) is 7.03. The zero-order valence-electron chi connectivity index (χ0n) is 19.9. The first-order valence-electron chi connectivity index (χ1n) is 11.9. The van der Waals surface area contributed by atoms with Gasteiger partial charge in [0.1, 0.15) is 0 Å². The van der Waals surface area contributed by atoms with Crippen LogP contribution in [-0.4, -0.2) is 11.8 Å². The minimum absolute atomic E-state index is 0.239. The molecule has 6 nitrogen and oxygen atoms in total. The molecule has 7 heteroatoms. The molecular formula is C30H25ClN4O2. The molecule has 1 heterocycles. The van der Waals surface area contributed by atoms with E-state index in [2.05, 4.69) is 16.0 Å². The van der Waals surface area contributed by atoms with E-state index in [0.29, 0.717) is 46.2 Å². The average molecular weight is 509 g/mol. The van der Waals surface area contributed by atoms with Crippen LogP contribution in [0.4, 0.5) is 11.4 Å². The predicted octanol–water partition coefficient (Wildman–Crippen LogP) is 5.66. The van der Waals surface area contributed by atoms with Crippen LogP contribution < -0.4 is 21.7 Å². The monoisotopic (exact) mass is 508 g/mol. The van der Waals surface area contributed by atoms with E-state index in [0.717, 1.165) is 22.4 Å². The van der Waals surface area contributed by atoms with Gasteiger partial charge < -0.3 is 21.7 Å². The molecule has 37 heavy (non-hydrogen) atoms. The topological polar surface area (TPSA) is 96.2 Å². The van der Waals surface area contributed by atoms with Crippen molar-refractivity contribution in [2.45, 2.75) is 13.1 Å². The highest BCUT2D eigenvalue weighted by molar-refractivity contribution is 6.37. The number of hydrogen-bond donors (Lipinski definition) is 4. The third-order valence-corrected chi connectivity index (χ3v) is 6.37. The zero-order valence-corrected chi connectivity index (χ0v) is 20.7. The molecule has 2 amide bonds. The largest absolute Gasteiger partial charge is 0.354 e. The third kappa shape index (κ3) is 5.40. The summed E-state index contributed by atoms with van der Waals surface area (Å²) in [6, 6.07) is 29.9. The Hall–Kier alpha value is -4.39. The SMILES string of the molecule is NCc1ccc(N/C(=C2\C(=O)Nc3ccc(C(=O)NCc4cccc(Cl)c4)cc32)c2ccccc2)cc1. The first-order chi connectivity index (χ1) is 18.0. The maximum Gasteiger partial charge on any atom is 0.258 e. The fourth-order valence-electron chi connectivity index (χ4n) is 4.24. The van der Waals surface area contributed by atoms with Crippen LogP contribution in [0.25, 0.3) is 11.3 Å². The van der Waals surface area contributed by atoms with Gasteiger partial charge in [-0.1, -0.05) is 66.2 Å². The average Bonchev–Trinajstić information content (AvgIpc) is 3.26. The van der Waals surface area contributed by atoms with Gasteiger partial charge in [-0.15, -0.1) is 0 Å². The van der Waals surface area contributed by atoms with Gasteiger partial charge in [0.2, 0.25) is 0 Å². The maximum atomic E-state index is 13.2. The minimum Gasteiger partial charge on any atom is -0.354 e. The van der Waals surface area contributed by atoms with Crippen molar-refractivity contribution in [1.29, 1.82) is 0 Å². The third-order valence-electron chi connectivity index (χ3n) is 6.14. The van der Waals surface area contributed by atoms with E-state index in [9.17, 15) is 9.59 Å². The number of nitrogens with two attached hydrogens (primary N) is 1. The number of carbonyl (C=O) groups excluding carboxylic acids is 2. The van der Waals surface area contributed by atoms with Gasteiger partial charge in [0.05, 0.1) is 11.3 Å². The second-order valence-electron chi connectivity index (χ2n) is 8.67. The lowest BCUT2D eigenvalue weighted by Gasteiger charge is -2.15. The summed E-state index contributed by atoms with van der Waals surface area (Å²) < 4.78 is 0. The van der Waals surface area contributed by atoms with Crippen molar-refractivity contribution in [3.05, 3.63) is 130 Å². The van der Waals surface area contributed by atoms with Crippen molar-refractivity contribution in [3.63, 3.8) is 0 Å². The number of nitrogens with one attached hydrogen (secondary N) is 3. The summed E-state index contributed by atoms with van der Waals surface area (Å²) in [5, 5.41) is 9.90. The van der Waals surface area contributed by atoms with Crippen LogP contribution in [0.1, 0.15) is 32.6 Å². The van der Waals surface area contributed by atoms with Crippen molar-refractivity contribution in [2.24, 2.45) is 5.73 Å². The number of amides is 2.